The molecule has 3 atom stereocenters. The van der Waals surface area contributed by atoms with Crippen molar-refractivity contribution in [1.29, 1.82) is 0 Å². The van der Waals surface area contributed by atoms with Gasteiger partial charge in [-0.3, -0.25) is 4.79 Å². The molecule has 1 amide bonds. The average molecular weight is 722 g/mol. The van der Waals surface area contributed by atoms with E-state index in [-0.39, 0.29) is 6.61 Å². The van der Waals surface area contributed by atoms with E-state index >= 15 is 0 Å². The molecule has 0 fully saturated rings. The van der Waals surface area contributed by atoms with Crippen LogP contribution in [0.1, 0.15) is 251 Å². The van der Waals surface area contributed by atoms with E-state index in [1.54, 1.807) is 6.08 Å². The topological polar surface area (TPSA) is 89.8 Å². The third-order valence-corrected chi connectivity index (χ3v) is 10.9. The number of aliphatic hydroxyl groups excluding tert-OH is 3. The normalized spacial score (nSPS) is 13.6. The molecular formula is C46H91NO4. The summed E-state index contributed by atoms with van der Waals surface area (Å²) in [6.45, 7) is 4.19. The van der Waals surface area contributed by atoms with E-state index in [2.05, 4.69) is 19.2 Å². The number of hydrogen-bond acceptors (Lipinski definition) is 4. The van der Waals surface area contributed by atoms with Gasteiger partial charge in [-0.15, -0.1) is 0 Å². The molecule has 0 aliphatic carbocycles. The van der Waals surface area contributed by atoms with Gasteiger partial charge in [0.2, 0.25) is 5.91 Å². The minimum absolute atomic E-state index is 0.359. The highest BCUT2D eigenvalue weighted by Gasteiger charge is 2.22. The molecular weight excluding hydrogens is 631 g/mol. The second-order valence-corrected chi connectivity index (χ2v) is 16.0. The van der Waals surface area contributed by atoms with Gasteiger partial charge in [-0.25, -0.2) is 0 Å². The number of amides is 1. The number of aliphatic hydroxyl groups is 3. The van der Waals surface area contributed by atoms with Crippen molar-refractivity contribution < 1.29 is 20.1 Å². The van der Waals surface area contributed by atoms with Crippen molar-refractivity contribution in [2.45, 2.75) is 270 Å². The van der Waals surface area contributed by atoms with E-state index in [9.17, 15) is 20.1 Å². The number of hydrogen-bond donors (Lipinski definition) is 4. The van der Waals surface area contributed by atoms with E-state index in [0.717, 1.165) is 32.1 Å². The molecule has 0 aromatic carbocycles. The highest BCUT2D eigenvalue weighted by molar-refractivity contribution is 5.80. The molecule has 0 spiro atoms. The molecule has 0 aliphatic rings. The first-order valence-electron chi connectivity index (χ1n) is 23.0. The van der Waals surface area contributed by atoms with Crippen molar-refractivity contribution in [3.63, 3.8) is 0 Å². The number of carbonyl (C=O) groups is 1. The average Bonchev–Trinajstić information content (AvgIpc) is 3.13. The lowest BCUT2D eigenvalue weighted by Crippen LogP contribution is -2.48. The van der Waals surface area contributed by atoms with E-state index in [0.29, 0.717) is 6.42 Å². The minimum atomic E-state index is -1.09. The molecule has 5 nitrogen and oxygen atoms in total. The maximum atomic E-state index is 12.5. The third kappa shape index (κ3) is 37.2. The van der Waals surface area contributed by atoms with Crippen LogP contribution >= 0.6 is 0 Å². The number of nitrogens with one attached hydrogen (secondary N) is 1. The van der Waals surface area contributed by atoms with Crippen molar-refractivity contribution in [3.8, 4) is 0 Å². The molecule has 0 saturated carbocycles. The molecule has 5 heteroatoms. The molecule has 0 aromatic rings. The quantitative estimate of drug-likeness (QED) is 0.0373. The number of carbonyl (C=O) groups excluding carboxylic acids is 1. The second kappa shape index (κ2) is 41.8. The first-order valence-corrected chi connectivity index (χ1v) is 23.0. The highest BCUT2D eigenvalue weighted by atomic mass is 16.3. The first-order chi connectivity index (χ1) is 25.1. The van der Waals surface area contributed by atoms with Crippen molar-refractivity contribution in [3.05, 3.63) is 12.2 Å². The summed E-state index contributed by atoms with van der Waals surface area (Å²) in [4.78, 5) is 12.5. The highest BCUT2D eigenvalue weighted by Crippen LogP contribution is 2.17. The van der Waals surface area contributed by atoms with Gasteiger partial charge in [0.25, 0.3) is 0 Å². The third-order valence-electron chi connectivity index (χ3n) is 10.9. The summed E-state index contributed by atoms with van der Waals surface area (Å²) < 4.78 is 0. The van der Waals surface area contributed by atoms with Crippen LogP contribution in [-0.4, -0.2) is 46.1 Å². The van der Waals surface area contributed by atoms with Crippen LogP contribution in [0.5, 0.6) is 0 Å². The lowest BCUT2D eigenvalue weighted by molar-refractivity contribution is -0.131. The molecule has 0 radical (unpaired) electrons. The van der Waals surface area contributed by atoms with Gasteiger partial charge in [0.05, 0.1) is 18.8 Å². The zero-order valence-electron chi connectivity index (χ0n) is 34.5. The Balaban J connectivity index is 3.57. The van der Waals surface area contributed by atoms with Crippen LogP contribution in [0.25, 0.3) is 0 Å². The van der Waals surface area contributed by atoms with Crippen molar-refractivity contribution >= 4 is 5.91 Å². The fraction of sp³-hybridized carbons (Fsp3) is 0.935. The monoisotopic (exact) mass is 722 g/mol. The molecule has 51 heavy (non-hydrogen) atoms. The number of allylic oxidation sites excluding steroid dienone is 1. The van der Waals surface area contributed by atoms with Crippen molar-refractivity contribution in [2.75, 3.05) is 6.61 Å². The van der Waals surface area contributed by atoms with Crippen LogP contribution in [0.4, 0.5) is 0 Å². The summed E-state index contributed by atoms with van der Waals surface area (Å²) >= 11 is 0. The van der Waals surface area contributed by atoms with Crippen LogP contribution in [0, 0.1) is 0 Å². The standard InChI is InChI=1S/C46H91NO4/c1-3-5-7-9-11-13-15-17-18-19-20-21-22-23-24-25-26-27-29-31-33-35-37-39-41-45(50)46(51)47-43(42-48)44(49)40-38-36-34-32-30-28-16-14-12-10-8-6-4-2/h38,40,43-45,48-50H,3-37,39,41-42H2,1-2H3,(H,47,51)/b40-38+. The largest absolute Gasteiger partial charge is 0.394 e. The zero-order chi connectivity index (χ0) is 37.3. The maximum Gasteiger partial charge on any atom is 0.249 e. The Morgan fingerprint density at radius 1 is 0.471 bits per heavy atom. The SMILES string of the molecule is CCCCCCCCCCCCC/C=C/C(O)C(CO)NC(=O)C(O)CCCCCCCCCCCCCCCCCCCCCCCCCC. The molecule has 0 saturated heterocycles. The Labute approximate surface area is 319 Å². The van der Waals surface area contributed by atoms with E-state index < -0.39 is 24.2 Å². The van der Waals surface area contributed by atoms with Gasteiger partial charge in [-0.05, 0) is 19.3 Å². The molecule has 0 rings (SSSR count). The molecule has 0 bridgehead atoms. The smallest absolute Gasteiger partial charge is 0.249 e. The van der Waals surface area contributed by atoms with Gasteiger partial charge >= 0.3 is 0 Å². The molecule has 304 valence electrons. The Kier molecular flexibility index (Phi) is 41.1. The Morgan fingerprint density at radius 2 is 0.765 bits per heavy atom. The van der Waals surface area contributed by atoms with E-state index in [1.165, 1.54) is 199 Å². The summed E-state index contributed by atoms with van der Waals surface area (Å²) in [7, 11) is 0. The second-order valence-electron chi connectivity index (χ2n) is 16.0. The van der Waals surface area contributed by atoms with Crippen LogP contribution in [0.2, 0.25) is 0 Å². The van der Waals surface area contributed by atoms with Crippen LogP contribution < -0.4 is 5.32 Å². The summed E-state index contributed by atoms with van der Waals surface area (Å²) in [6.07, 6.45) is 49.7. The van der Waals surface area contributed by atoms with Gasteiger partial charge in [0.15, 0.2) is 0 Å². The fourth-order valence-electron chi connectivity index (χ4n) is 7.25. The number of rotatable bonds is 42. The van der Waals surface area contributed by atoms with E-state index in [1.807, 2.05) is 6.08 Å². The Bertz CT molecular complexity index is 713. The van der Waals surface area contributed by atoms with Crippen molar-refractivity contribution in [1.82, 2.24) is 5.32 Å². The minimum Gasteiger partial charge on any atom is -0.394 e. The maximum absolute atomic E-state index is 12.5. The van der Waals surface area contributed by atoms with Gasteiger partial charge in [0.1, 0.15) is 6.10 Å². The van der Waals surface area contributed by atoms with E-state index in [4.69, 9.17) is 0 Å². The van der Waals surface area contributed by atoms with Gasteiger partial charge < -0.3 is 20.6 Å². The summed E-state index contributed by atoms with van der Waals surface area (Å²) in [5.41, 5.74) is 0. The predicted octanol–water partition coefficient (Wildman–Crippen LogP) is 13.2. The van der Waals surface area contributed by atoms with Gasteiger partial charge in [0, 0.05) is 0 Å². The van der Waals surface area contributed by atoms with Gasteiger partial charge in [-0.2, -0.15) is 0 Å². The van der Waals surface area contributed by atoms with Crippen LogP contribution in [0.15, 0.2) is 12.2 Å². The predicted molar refractivity (Wildman–Crippen MR) is 222 cm³/mol. The first kappa shape index (κ1) is 50.1. The number of unbranched alkanes of at least 4 members (excludes halogenated alkanes) is 34. The summed E-state index contributed by atoms with van der Waals surface area (Å²) in [6, 6.07) is -0.792. The van der Waals surface area contributed by atoms with Crippen LogP contribution in [0.3, 0.4) is 0 Å². The molecule has 4 N–H and O–H groups in total. The Morgan fingerprint density at radius 3 is 1.08 bits per heavy atom. The lowest BCUT2D eigenvalue weighted by atomic mass is 10.0. The summed E-state index contributed by atoms with van der Waals surface area (Å²) in [5, 5.41) is 33.1. The summed E-state index contributed by atoms with van der Waals surface area (Å²) in [5.74, 6) is -0.499. The Hall–Kier alpha value is -0.910. The molecule has 0 aromatic heterocycles. The molecule has 0 heterocycles. The molecule has 3 unspecified atom stereocenters. The van der Waals surface area contributed by atoms with Crippen molar-refractivity contribution in [2.24, 2.45) is 0 Å². The lowest BCUT2D eigenvalue weighted by Gasteiger charge is -2.21. The fourth-order valence-corrected chi connectivity index (χ4v) is 7.25. The van der Waals surface area contributed by atoms with Gasteiger partial charge in [-0.1, -0.05) is 244 Å². The molecule has 0 aliphatic heterocycles. The van der Waals surface area contributed by atoms with Crippen LogP contribution in [-0.2, 0) is 4.79 Å². The zero-order valence-corrected chi connectivity index (χ0v) is 34.5.